The van der Waals surface area contributed by atoms with Gasteiger partial charge >= 0.3 is 0 Å². The molecule has 96 valence electrons. The van der Waals surface area contributed by atoms with Gasteiger partial charge in [0.25, 0.3) is 0 Å². The number of aryl methyl sites for hydroxylation is 1. The second-order valence-electron chi connectivity index (χ2n) is 3.87. The Labute approximate surface area is 106 Å². The van der Waals surface area contributed by atoms with E-state index in [1.807, 2.05) is 13.8 Å². The van der Waals surface area contributed by atoms with Gasteiger partial charge in [-0.3, -0.25) is 0 Å². The predicted octanol–water partition coefficient (Wildman–Crippen LogP) is 2.39. The normalized spacial score (nSPS) is 18.4. The van der Waals surface area contributed by atoms with Crippen molar-refractivity contribution in [3.8, 4) is 0 Å². The Hall–Kier alpha value is -0.560. The highest BCUT2D eigenvalue weighted by Gasteiger charge is 2.44. The summed E-state index contributed by atoms with van der Waals surface area (Å²) in [5.74, 6) is 0. The van der Waals surface area contributed by atoms with Crippen LogP contribution in [-0.4, -0.2) is 17.5 Å². The lowest BCUT2D eigenvalue weighted by atomic mass is 10.1. The first-order chi connectivity index (χ1) is 7.95. The summed E-state index contributed by atoms with van der Waals surface area (Å²) in [6.07, 6.45) is 0.731. The molecular weight excluding hydrogens is 260 g/mol. The summed E-state index contributed by atoms with van der Waals surface area (Å²) in [6.45, 7) is 3.69. The van der Waals surface area contributed by atoms with Crippen LogP contribution in [-0.2, 0) is 26.2 Å². The van der Waals surface area contributed by atoms with Crippen LogP contribution in [0.25, 0.3) is 0 Å². The monoisotopic (exact) mass is 276 g/mol. The van der Waals surface area contributed by atoms with Gasteiger partial charge in [-0.25, -0.2) is 8.42 Å². The molecule has 0 spiro atoms. The summed E-state index contributed by atoms with van der Waals surface area (Å²) in [6, 6.07) is 6.79. The fraction of sp³-hybridized carbons (Fsp3) is 0.455. The van der Waals surface area contributed by atoms with Crippen molar-refractivity contribution in [3.05, 3.63) is 35.4 Å². The van der Waals surface area contributed by atoms with Gasteiger partial charge in [0.1, 0.15) is 0 Å². The third-order valence-electron chi connectivity index (χ3n) is 2.63. The highest BCUT2D eigenvalue weighted by Crippen LogP contribution is 2.35. The van der Waals surface area contributed by atoms with E-state index in [4.69, 9.17) is 0 Å². The van der Waals surface area contributed by atoms with Crippen molar-refractivity contribution in [2.24, 2.45) is 0 Å². The van der Waals surface area contributed by atoms with E-state index in [1.54, 1.807) is 24.3 Å². The molecule has 1 aromatic carbocycles. The van der Waals surface area contributed by atoms with Crippen molar-refractivity contribution in [2.75, 3.05) is 0 Å². The molecule has 6 heteroatoms. The van der Waals surface area contributed by atoms with E-state index in [1.165, 1.54) is 0 Å². The minimum Gasteiger partial charge on any atom is -0.305 e. The zero-order valence-electron chi connectivity index (χ0n) is 9.75. The molecule has 0 radical (unpaired) electrons. The van der Waals surface area contributed by atoms with E-state index < -0.39 is 26.2 Å². The largest absolute Gasteiger partial charge is 0.305 e. The summed E-state index contributed by atoms with van der Waals surface area (Å²) >= 11 is -4.80. The highest BCUT2D eigenvalue weighted by molar-refractivity contribution is 7.98. The van der Waals surface area contributed by atoms with Gasteiger partial charge in [0, 0.05) is 0 Å². The SMILES string of the molecule is CCCC(c1ccc(C)cc1)(S(=O)O)S(=O)O. The number of hydrogen-bond donors (Lipinski definition) is 2. The molecule has 0 aliphatic heterocycles. The molecule has 2 unspecified atom stereocenters. The molecule has 0 saturated carbocycles. The van der Waals surface area contributed by atoms with Crippen molar-refractivity contribution < 1.29 is 17.5 Å². The van der Waals surface area contributed by atoms with Gasteiger partial charge in [-0.05, 0) is 18.9 Å². The summed E-state index contributed by atoms with van der Waals surface area (Å²) in [7, 11) is 0. The van der Waals surface area contributed by atoms with Gasteiger partial charge in [0.15, 0.2) is 26.2 Å². The number of benzene rings is 1. The lowest BCUT2D eigenvalue weighted by Gasteiger charge is -2.26. The Morgan fingerprint density at radius 3 is 1.94 bits per heavy atom. The van der Waals surface area contributed by atoms with Crippen molar-refractivity contribution >= 4 is 22.2 Å². The van der Waals surface area contributed by atoms with Crippen LogP contribution in [0.2, 0.25) is 0 Å². The molecule has 1 rings (SSSR count). The Balaban J connectivity index is 3.35. The van der Waals surface area contributed by atoms with Crippen LogP contribution in [0, 0.1) is 6.92 Å². The molecule has 17 heavy (non-hydrogen) atoms. The molecule has 0 heterocycles. The van der Waals surface area contributed by atoms with E-state index >= 15 is 0 Å². The second-order valence-corrected chi connectivity index (χ2v) is 6.52. The maximum absolute atomic E-state index is 11.5. The lowest BCUT2D eigenvalue weighted by molar-refractivity contribution is 0.494. The van der Waals surface area contributed by atoms with Crippen molar-refractivity contribution in [3.63, 3.8) is 0 Å². The van der Waals surface area contributed by atoms with Gasteiger partial charge in [-0.2, -0.15) is 0 Å². The zero-order chi connectivity index (χ0) is 13.1. The standard InChI is InChI=1S/C11H16O4S2/c1-3-8-11(16(12)13,17(14)15)10-6-4-9(2)5-7-10/h4-7H,3,8H2,1-2H3,(H,12,13)(H,14,15). The third kappa shape index (κ3) is 2.82. The Morgan fingerprint density at radius 2 is 1.59 bits per heavy atom. The average molecular weight is 276 g/mol. The van der Waals surface area contributed by atoms with E-state index in [2.05, 4.69) is 0 Å². The number of rotatable bonds is 5. The summed E-state index contributed by atoms with van der Waals surface area (Å²) in [5, 5.41) is 0. The fourth-order valence-electron chi connectivity index (χ4n) is 1.72. The van der Waals surface area contributed by atoms with Crippen LogP contribution in [0.1, 0.15) is 30.9 Å². The quantitative estimate of drug-likeness (QED) is 0.810. The molecule has 0 saturated heterocycles. The molecule has 0 amide bonds. The first-order valence-electron chi connectivity index (χ1n) is 5.24. The van der Waals surface area contributed by atoms with E-state index in [0.717, 1.165) is 5.56 Å². The van der Waals surface area contributed by atoms with Crippen LogP contribution in [0.3, 0.4) is 0 Å². The molecule has 0 aliphatic rings. The van der Waals surface area contributed by atoms with E-state index in [0.29, 0.717) is 12.0 Å². The maximum Gasteiger partial charge on any atom is 0.196 e. The van der Waals surface area contributed by atoms with E-state index in [-0.39, 0.29) is 6.42 Å². The molecule has 2 N–H and O–H groups in total. The summed E-state index contributed by atoms with van der Waals surface area (Å²) < 4.78 is 40.2. The molecule has 0 aliphatic carbocycles. The van der Waals surface area contributed by atoms with E-state index in [9.17, 15) is 17.5 Å². The maximum atomic E-state index is 11.5. The van der Waals surface area contributed by atoms with Crippen LogP contribution < -0.4 is 0 Å². The van der Waals surface area contributed by atoms with Crippen molar-refractivity contribution in [1.29, 1.82) is 0 Å². The fourth-order valence-corrected chi connectivity index (χ4v) is 3.64. The topological polar surface area (TPSA) is 74.6 Å². The third-order valence-corrected chi connectivity index (χ3v) is 5.50. The minimum atomic E-state index is -2.40. The van der Waals surface area contributed by atoms with Crippen molar-refractivity contribution in [1.82, 2.24) is 0 Å². The van der Waals surface area contributed by atoms with Crippen LogP contribution in [0.4, 0.5) is 0 Å². The van der Waals surface area contributed by atoms with Gasteiger partial charge in [-0.15, -0.1) is 0 Å². The first-order valence-corrected chi connectivity index (χ1v) is 7.45. The molecule has 4 nitrogen and oxygen atoms in total. The average Bonchev–Trinajstić information content (AvgIpc) is 2.26. The molecule has 2 atom stereocenters. The van der Waals surface area contributed by atoms with Gasteiger partial charge in [-0.1, -0.05) is 43.2 Å². The van der Waals surface area contributed by atoms with Gasteiger partial charge in [0.05, 0.1) is 0 Å². The number of hydrogen-bond acceptors (Lipinski definition) is 2. The Kier molecular flexibility index (Phi) is 5.00. The van der Waals surface area contributed by atoms with Crippen LogP contribution in [0.5, 0.6) is 0 Å². The molecule has 0 fully saturated rings. The highest BCUT2D eigenvalue weighted by atomic mass is 32.3. The smallest absolute Gasteiger partial charge is 0.196 e. The minimum absolute atomic E-state index is 0.183. The second kappa shape index (κ2) is 5.86. The lowest BCUT2D eigenvalue weighted by Crippen LogP contribution is -2.35. The molecule has 0 bridgehead atoms. The zero-order valence-corrected chi connectivity index (χ0v) is 11.4. The first kappa shape index (κ1) is 14.5. The predicted molar refractivity (Wildman–Crippen MR) is 69.3 cm³/mol. The molecular formula is C11H16O4S2. The van der Waals surface area contributed by atoms with Crippen LogP contribution in [0.15, 0.2) is 24.3 Å². The summed E-state index contributed by atoms with van der Waals surface area (Å²) in [4.78, 5) is 0. The van der Waals surface area contributed by atoms with Gasteiger partial charge in [0.2, 0.25) is 0 Å². The van der Waals surface area contributed by atoms with Crippen LogP contribution >= 0.6 is 0 Å². The van der Waals surface area contributed by atoms with Crippen molar-refractivity contribution in [2.45, 2.75) is 30.8 Å². The van der Waals surface area contributed by atoms with Gasteiger partial charge < -0.3 is 9.11 Å². The summed E-state index contributed by atoms with van der Waals surface area (Å²) in [5.41, 5.74) is 1.42. The molecule has 1 aromatic rings. The Bertz CT molecular complexity index is 414. The Morgan fingerprint density at radius 1 is 1.12 bits per heavy atom. The molecule has 0 aromatic heterocycles.